The van der Waals surface area contributed by atoms with Gasteiger partial charge in [0, 0.05) is 18.7 Å². The van der Waals surface area contributed by atoms with Crippen LogP contribution < -0.4 is 4.72 Å². The van der Waals surface area contributed by atoms with E-state index in [0.29, 0.717) is 18.7 Å². The summed E-state index contributed by atoms with van der Waals surface area (Å²) in [5.74, 6) is -0.400. The highest BCUT2D eigenvalue weighted by Crippen LogP contribution is 2.22. The molecule has 2 heterocycles. The number of carbonyl (C=O) groups is 1. The van der Waals surface area contributed by atoms with E-state index in [2.05, 4.69) is 9.71 Å². The van der Waals surface area contributed by atoms with Gasteiger partial charge in [0.15, 0.2) is 0 Å². The van der Waals surface area contributed by atoms with Gasteiger partial charge in [0.1, 0.15) is 12.4 Å². The lowest BCUT2D eigenvalue weighted by atomic mass is 10.2. The third kappa shape index (κ3) is 4.54. The summed E-state index contributed by atoms with van der Waals surface area (Å²) in [5.41, 5.74) is 0.700. The van der Waals surface area contributed by atoms with Crippen LogP contribution in [0.15, 0.2) is 63.3 Å². The third-order valence-corrected chi connectivity index (χ3v) is 8.61. The molecule has 0 amide bonds. The van der Waals surface area contributed by atoms with Crippen LogP contribution in [-0.2, 0) is 24.8 Å². The van der Waals surface area contributed by atoms with Gasteiger partial charge in [-0.15, -0.1) is 0 Å². The average molecular weight is 478 g/mol. The Morgan fingerprint density at radius 1 is 1.03 bits per heavy atom. The molecule has 0 saturated carbocycles. The smallest absolute Gasteiger partial charge is 0.338 e. The van der Waals surface area contributed by atoms with Crippen LogP contribution in [0.25, 0.3) is 0 Å². The van der Waals surface area contributed by atoms with E-state index in [1.807, 2.05) is 0 Å². The first kappa shape index (κ1) is 22.4. The summed E-state index contributed by atoms with van der Waals surface area (Å²) in [7, 11) is -7.18. The number of benzene rings is 2. The zero-order valence-electron chi connectivity index (χ0n) is 17.2. The summed E-state index contributed by atoms with van der Waals surface area (Å²) in [6.07, 6.45) is 2.72. The topological polar surface area (TPSA) is 122 Å². The molecule has 0 bridgehead atoms. The second-order valence-corrected chi connectivity index (χ2v) is 11.0. The fourth-order valence-corrected chi connectivity index (χ4v) is 6.42. The summed E-state index contributed by atoms with van der Waals surface area (Å²) >= 11 is 0. The van der Waals surface area contributed by atoms with E-state index in [4.69, 9.17) is 4.74 Å². The van der Waals surface area contributed by atoms with E-state index >= 15 is 0 Å². The predicted octanol–water partition coefficient (Wildman–Crippen LogP) is 1.76. The summed E-state index contributed by atoms with van der Waals surface area (Å²) in [6, 6.07) is 12.2. The van der Waals surface area contributed by atoms with Gasteiger partial charge in [0.25, 0.3) is 10.0 Å². The molecule has 0 unspecified atom stereocenters. The van der Waals surface area contributed by atoms with Crippen LogP contribution in [-0.4, -0.2) is 59.2 Å². The van der Waals surface area contributed by atoms with Gasteiger partial charge in [-0.3, -0.25) is 9.71 Å². The maximum atomic E-state index is 12.7. The van der Waals surface area contributed by atoms with Crippen LogP contribution in [0.1, 0.15) is 35.2 Å². The van der Waals surface area contributed by atoms with E-state index in [1.54, 1.807) is 18.2 Å². The summed E-state index contributed by atoms with van der Waals surface area (Å²) < 4.78 is 58.5. The zero-order valence-corrected chi connectivity index (χ0v) is 18.9. The third-order valence-electron chi connectivity index (χ3n) is 5.30. The van der Waals surface area contributed by atoms with E-state index < -0.39 is 26.0 Å². The Morgan fingerprint density at radius 2 is 1.72 bits per heavy atom. The fraction of sp³-hybridized carbons (Fsp3) is 0.333. The molecule has 0 radical (unpaired) electrons. The second kappa shape index (κ2) is 9.00. The van der Waals surface area contributed by atoms with Gasteiger partial charge in [0.2, 0.25) is 10.0 Å². The highest BCUT2D eigenvalue weighted by Gasteiger charge is 2.30. The van der Waals surface area contributed by atoms with Crippen LogP contribution in [0.5, 0.6) is 0 Å². The molecule has 2 aliphatic heterocycles. The summed E-state index contributed by atoms with van der Waals surface area (Å²) in [4.78, 5) is 16.8. The molecule has 4 rings (SSSR count). The molecule has 170 valence electrons. The van der Waals surface area contributed by atoms with Gasteiger partial charge >= 0.3 is 5.97 Å². The largest absolute Gasteiger partial charge is 0.460 e. The first-order valence-corrected chi connectivity index (χ1v) is 13.2. The lowest BCUT2D eigenvalue weighted by Crippen LogP contribution is -2.35. The van der Waals surface area contributed by atoms with Crippen molar-refractivity contribution in [3.05, 3.63) is 59.7 Å². The lowest BCUT2D eigenvalue weighted by molar-refractivity contribution is 0.0517. The van der Waals surface area contributed by atoms with Gasteiger partial charge in [-0.1, -0.05) is 18.6 Å². The second-order valence-electron chi connectivity index (χ2n) is 7.46. The number of carbonyl (C=O) groups excluding carboxylic acids is 1. The van der Waals surface area contributed by atoms with Crippen LogP contribution in [0, 0.1) is 0 Å². The Morgan fingerprint density at radius 3 is 2.44 bits per heavy atom. The van der Waals surface area contributed by atoms with Gasteiger partial charge in [-0.05, 0) is 49.2 Å². The molecule has 1 saturated heterocycles. The van der Waals surface area contributed by atoms with Crippen molar-refractivity contribution in [2.75, 3.05) is 26.2 Å². The molecular weight excluding hydrogens is 454 g/mol. The Labute approximate surface area is 187 Å². The number of amidine groups is 1. The number of esters is 1. The van der Waals surface area contributed by atoms with Crippen LogP contribution in [0.3, 0.4) is 0 Å². The molecule has 11 heteroatoms. The van der Waals surface area contributed by atoms with Crippen LogP contribution in [0.2, 0.25) is 0 Å². The first-order chi connectivity index (χ1) is 15.3. The average Bonchev–Trinajstić information content (AvgIpc) is 3.07. The van der Waals surface area contributed by atoms with Crippen molar-refractivity contribution in [3.63, 3.8) is 0 Å². The maximum absolute atomic E-state index is 12.7. The quantitative estimate of drug-likeness (QED) is 0.500. The Kier molecular flexibility index (Phi) is 6.31. The minimum atomic E-state index is -3.62. The zero-order chi connectivity index (χ0) is 22.8. The molecule has 0 aliphatic carbocycles. The first-order valence-electron chi connectivity index (χ1n) is 10.2. The fourth-order valence-electron chi connectivity index (χ4n) is 3.65. The van der Waals surface area contributed by atoms with Gasteiger partial charge in [-0.2, -0.15) is 4.31 Å². The van der Waals surface area contributed by atoms with Crippen molar-refractivity contribution in [3.8, 4) is 0 Å². The molecular formula is C21H23N3O6S2. The van der Waals surface area contributed by atoms with E-state index in [0.717, 1.165) is 19.3 Å². The molecule has 2 aromatic rings. The van der Waals surface area contributed by atoms with Crippen molar-refractivity contribution in [2.45, 2.75) is 29.1 Å². The molecule has 1 fully saturated rings. The van der Waals surface area contributed by atoms with Gasteiger partial charge in [-0.25, -0.2) is 21.6 Å². The van der Waals surface area contributed by atoms with Crippen molar-refractivity contribution in [2.24, 2.45) is 4.99 Å². The molecule has 2 aromatic carbocycles. The van der Waals surface area contributed by atoms with Crippen molar-refractivity contribution >= 4 is 31.9 Å². The Hall–Kier alpha value is -2.76. The number of rotatable bonds is 6. The number of nitrogens with one attached hydrogen (secondary N) is 1. The van der Waals surface area contributed by atoms with E-state index in [-0.39, 0.29) is 34.3 Å². The highest BCUT2D eigenvalue weighted by molar-refractivity contribution is 7.90. The van der Waals surface area contributed by atoms with Gasteiger partial charge in [0.05, 0.1) is 21.9 Å². The summed E-state index contributed by atoms with van der Waals surface area (Å²) in [6.45, 7) is 1.03. The molecule has 9 nitrogen and oxygen atoms in total. The van der Waals surface area contributed by atoms with Gasteiger partial charge < -0.3 is 4.74 Å². The number of sulfonamides is 2. The van der Waals surface area contributed by atoms with Crippen molar-refractivity contribution in [1.29, 1.82) is 0 Å². The lowest BCUT2D eigenvalue weighted by Gasteiger charge is -2.25. The molecule has 1 N–H and O–H groups in total. The van der Waals surface area contributed by atoms with Crippen molar-refractivity contribution in [1.82, 2.24) is 9.03 Å². The van der Waals surface area contributed by atoms with E-state index in [1.165, 1.54) is 34.6 Å². The van der Waals surface area contributed by atoms with Crippen LogP contribution >= 0.6 is 0 Å². The van der Waals surface area contributed by atoms with E-state index in [9.17, 15) is 21.6 Å². The monoisotopic (exact) mass is 477 g/mol. The normalized spacial score (nSPS) is 19.3. The molecule has 2 aliphatic rings. The van der Waals surface area contributed by atoms with Crippen molar-refractivity contribution < 1.29 is 26.4 Å². The minimum Gasteiger partial charge on any atom is -0.460 e. The highest BCUT2D eigenvalue weighted by atomic mass is 32.2. The predicted molar refractivity (Wildman–Crippen MR) is 118 cm³/mol. The summed E-state index contributed by atoms with van der Waals surface area (Å²) in [5, 5.41) is 0. The minimum absolute atomic E-state index is 0.0555. The molecule has 32 heavy (non-hydrogen) atoms. The number of aliphatic imine (C=N–C) groups is 1. The number of fused-ring (bicyclic) bond motifs is 1. The Bertz CT molecular complexity index is 1250. The Balaban J connectivity index is 1.35. The number of piperidine rings is 1. The number of hydrogen-bond donors (Lipinski definition) is 1. The number of ether oxygens (including phenoxy) is 1. The molecule has 0 aromatic heterocycles. The molecule has 0 spiro atoms. The SMILES string of the molecule is O=C(OCCN=C1NS(=O)(=O)c2ccccc21)c1ccc(S(=O)(=O)N2CCCCC2)cc1. The standard InChI is InChI=1S/C21H23N3O6S2/c25-21(16-8-10-17(11-9-16)32(28,29)24-13-4-1-5-14-24)30-15-12-22-20-18-6-2-3-7-19(18)31(26,27)23-20/h2-3,6-11H,1,4-5,12-15H2,(H,22,23). The maximum Gasteiger partial charge on any atom is 0.338 e. The number of nitrogens with zero attached hydrogens (tertiary/aromatic N) is 2. The van der Waals surface area contributed by atoms with Crippen LogP contribution in [0.4, 0.5) is 0 Å². The number of hydrogen-bond acceptors (Lipinski definition) is 7. The molecule has 0 atom stereocenters.